The Balaban J connectivity index is 2.71. The highest BCUT2D eigenvalue weighted by molar-refractivity contribution is 5.97. The quantitative estimate of drug-likeness (QED) is 0.607. The molecule has 0 saturated carbocycles. The predicted molar refractivity (Wildman–Crippen MR) is 96.9 cm³/mol. The molecule has 0 saturated heterocycles. The molecule has 1 rings (SSSR count). The van der Waals surface area contributed by atoms with Crippen molar-refractivity contribution in [1.29, 1.82) is 0 Å². The minimum Gasteiger partial charge on any atom is -0.481 e. The average Bonchev–Trinajstić information content (AvgIpc) is 2.43. The number of amides is 3. The van der Waals surface area contributed by atoms with Gasteiger partial charge in [-0.15, -0.1) is 0 Å². The van der Waals surface area contributed by atoms with Crippen LogP contribution >= 0.6 is 0 Å². The molecule has 0 radical (unpaired) electrons. The summed E-state index contributed by atoms with van der Waals surface area (Å²) >= 11 is 0. The first-order valence-corrected chi connectivity index (χ1v) is 8.22. The van der Waals surface area contributed by atoms with Crippen molar-refractivity contribution in [3.8, 4) is 0 Å². The summed E-state index contributed by atoms with van der Waals surface area (Å²) in [5.41, 5.74) is 1.22. The molecule has 25 heavy (non-hydrogen) atoms. The number of carboxylic acid groups (broad SMARTS) is 1. The number of benzene rings is 1. The van der Waals surface area contributed by atoms with E-state index < -0.39 is 17.5 Å². The molecule has 3 amide bonds. The summed E-state index contributed by atoms with van der Waals surface area (Å²) in [5.74, 6) is -1.06. The van der Waals surface area contributed by atoms with Crippen LogP contribution in [0, 0.1) is 6.92 Å². The molecule has 138 valence electrons. The van der Waals surface area contributed by atoms with E-state index in [1.54, 1.807) is 39.0 Å². The normalized spacial score (nSPS) is 11.1. The lowest BCUT2D eigenvalue weighted by molar-refractivity contribution is -0.137. The fraction of sp³-hybridized carbons (Fsp3) is 0.500. The van der Waals surface area contributed by atoms with Crippen molar-refractivity contribution < 1.29 is 19.5 Å². The van der Waals surface area contributed by atoms with Crippen LogP contribution in [0.15, 0.2) is 18.2 Å². The maximum atomic E-state index is 12.1. The highest BCUT2D eigenvalue weighted by atomic mass is 16.4. The van der Waals surface area contributed by atoms with Crippen LogP contribution < -0.4 is 16.0 Å². The van der Waals surface area contributed by atoms with Gasteiger partial charge in [-0.1, -0.05) is 0 Å². The Morgan fingerprint density at radius 1 is 1.20 bits per heavy atom. The second-order valence-electron chi connectivity index (χ2n) is 7.01. The maximum absolute atomic E-state index is 12.1. The number of hydrogen-bond acceptors (Lipinski definition) is 3. The van der Waals surface area contributed by atoms with Crippen molar-refractivity contribution in [3.05, 3.63) is 29.3 Å². The van der Waals surface area contributed by atoms with Crippen LogP contribution in [-0.2, 0) is 4.79 Å². The molecule has 7 heteroatoms. The van der Waals surface area contributed by atoms with E-state index in [2.05, 4.69) is 16.0 Å². The molecule has 1 aromatic rings. The highest BCUT2D eigenvalue weighted by Gasteiger charge is 2.21. The van der Waals surface area contributed by atoms with Gasteiger partial charge in [-0.05, 0) is 64.8 Å². The van der Waals surface area contributed by atoms with E-state index in [0.717, 1.165) is 5.56 Å². The van der Waals surface area contributed by atoms with Gasteiger partial charge in [0.05, 0.1) is 0 Å². The third-order valence-corrected chi connectivity index (χ3v) is 3.56. The fourth-order valence-corrected chi connectivity index (χ4v) is 2.29. The van der Waals surface area contributed by atoms with Gasteiger partial charge >= 0.3 is 12.0 Å². The van der Waals surface area contributed by atoms with Crippen LogP contribution in [0.2, 0.25) is 0 Å². The third-order valence-electron chi connectivity index (χ3n) is 3.56. The average molecular weight is 349 g/mol. The maximum Gasteiger partial charge on any atom is 0.319 e. The summed E-state index contributed by atoms with van der Waals surface area (Å²) in [7, 11) is 0. The minimum atomic E-state index is -0.902. The first kappa shape index (κ1) is 20.5. The molecule has 0 aliphatic heterocycles. The second kappa shape index (κ2) is 8.50. The van der Waals surface area contributed by atoms with Gasteiger partial charge in [0.2, 0.25) is 0 Å². The monoisotopic (exact) mass is 349 g/mol. The standard InChI is InChI=1S/C18H27N3O4/c1-11(2)19-16(24)14-7-6-13(10-12(14)3)20-17(25)21-18(4,5)9-8-15(22)23/h6-7,10-11H,8-9H2,1-5H3,(H,19,24)(H,22,23)(H2,20,21,25). The molecule has 1 aromatic carbocycles. The van der Waals surface area contributed by atoms with Gasteiger partial charge in [0, 0.05) is 29.3 Å². The highest BCUT2D eigenvalue weighted by Crippen LogP contribution is 2.16. The Morgan fingerprint density at radius 2 is 1.84 bits per heavy atom. The molecule has 0 atom stereocenters. The summed E-state index contributed by atoms with van der Waals surface area (Å²) in [6.07, 6.45) is 0.301. The topological polar surface area (TPSA) is 108 Å². The van der Waals surface area contributed by atoms with E-state index in [-0.39, 0.29) is 18.4 Å². The van der Waals surface area contributed by atoms with E-state index in [4.69, 9.17) is 5.11 Å². The molecule has 0 spiro atoms. The number of aryl methyl sites for hydroxylation is 1. The van der Waals surface area contributed by atoms with Crippen LogP contribution in [0.4, 0.5) is 10.5 Å². The number of carbonyl (C=O) groups excluding carboxylic acids is 2. The molecule has 0 aliphatic carbocycles. The van der Waals surface area contributed by atoms with Gasteiger partial charge in [0.25, 0.3) is 5.91 Å². The number of anilines is 1. The molecular formula is C18H27N3O4. The number of rotatable bonds is 7. The van der Waals surface area contributed by atoms with E-state index >= 15 is 0 Å². The third kappa shape index (κ3) is 7.24. The zero-order valence-electron chi connectivity index (χ0n) is 15.4. The summed E-state index contributed by atoms with van der Waals surface area (Å²) < 4.78 is 0. The molecular weight excluding hydrogens is 322 g/mol. The van der Waals surface area contributed by atoms with Crippen molar-refractivity contribution in [1.82, 2.24) is 10.6 Å². The second-order valence-corrected chi connectivity index (χ2v) is 7.01. The zero-order chi connectivity index (χ0) is 19.2. The molecule has 0 aromatic heterocycles. The number of urea groups is 1. The molecule has 0 unspecified atom stereocenters. The molecule has 0 fully saturated rings. The van der Waals surface area contributed by atoms with Crippen LogP contribution in [0.25, 0.3) is 0 Å². The van der Waals surface area contributed by atoms with Gasteiger partial charge < -0.3 is 21.1 Å². The minimum absolute atomic E-state index is 0.0218. The van der Waals surface area contributed by atoms with Gasteiger partial charge in [-0.3, -0.25) is 9.59 Å². The van der Waals surface area contributed by atoms with E-state index in [0.29, 0.717) is 17.7 Å². The van der Waals surface area contributed by atoms with Crippen LogP contribution in [-0.4, -0.2) is 34.6 Å². The Bertz CT molecular complexity index is 654. The summed E-state index contributed by atoms with van der Waals surface area (Å²) in [4.78, 5) is 34.8. The summed E-state index contributed by atoms with van der Waals surface area (Å²) in [5, 5.41) is 17.0. The number of carboxylic acids is 1. The SMILES string of the molecule is Cc1cc(NC(=O)NC(C)(C)CCC(=O)O)ccc1C(=O)NC(C)C. The fourth-order valence-electron chi connectivity index (χ4n) is 2.29. The lowest BCUT2D eigenvalue weighted by atomic mass is 9.99. The lowest BCUT2D eigenvalue weighted by Crippen LogP contribution is -2.45. The summed E-state index contributed by atoms with van der Waals surface area (Å²) in [6, 6.07) is 4.67. The lowest BCUT2D eigenvalue weighted by Gasteiger charge is -2.25. The predicted octanol–water partition coefficient (Wildman–Crippen LogP) is 2.90. The van der Waals surface area contributed by atoms with E-state index in [1.165, 1.54) is 0 Å². The smallest absolute Gasteiger partial charge is 0.319 e. The zero-order valence-corrected chi connectivity index (χ0v) is 15.4. The van der Waals surface area contributed by atoms with Gasteiger partial charge in [-0.25, -0.2) is 4.79 Å². The number of hydrogen-bond donors (Lipinski definition) is 4. The van der Waals surface area contributed by atoms with Crippen molar-refractivity contribution in [2.24, 2.45) is 0 Å². The molecule has 0 bridgehead atoms. The first-order chi connectivity index (χ1) is 11.5. The van der Waals surface area contributed by atoms with Crippen molar-refractivity contribution in [2.75, 3.05) is 5.32 Å². The first-order valence-electron chi connectivity index (χ1n) is 8.22. The van der Waals surface area contributed by atoms with E-state index in [1.807, 2.05) is 13.8 Å². The summed E-state index contributed by atoms with van der Waals surface area (Å²) in [6.45, 7) is 9.11. The van der Waals surface area contributed by atoms with Crippen molar-refractivity contribution >= 4 is 23.6 Å². The van der Waals surface area contributed by atoms with Crippen LogP contribution in [0.1, 0.15) is 56.5 Å². The Hall–Kier alpha value is -2.57. The van der Waals surface area contributed by atoms with Crippen molar-refractivity contribution in [3.63, 3.8) is 0 Å². The van der Waals surface area contributed by atoms with Gasteiger partial charge in [0.15, 0.2) is 0 Å². The molecule has 0 aliphatic rings. The Morgan fingerprint density at radius 3 is 2.36 bits per heavy atom. The molecule has 4 N–H and O–H groups in total. The molecule has 0 heterocycles. The van der Waals surface area contributed by atoms with Crippen LogP contribution in [0.5, 0.6) is 0 Å². The number of nitrogens with one attached hydrogen (secondary N) is 3. The Labute approximate surface area is 148 Å². The molecule has 7 nitrogen and oxygen atoms in total. The van der Waals surface area contributed by atoms with Crippen molar-refractivity contribution in [2.45, 2.75) is 59.0 Å². The largest absolute Gasteiger partial charge is 0.481 e. The number of aliphatic carboxylic acids is 1. The van der Waals surface area contributed by atoms with E-state index in [9.17, 15) is 14.4 Å². The van der Waals surface area contributed by atoms with Crippen LogP contribution in [0.3, 0.4) is 0 Å². The Kier molecular flexibility index (Phi) is 6.97. The number of carbonyl (C=O) groups is 3. The van der Waals surface area contributed by atoms with Gasteiger partial charge in [-0.2, -0.15) is 0 Å². The van der Waals surface area contributed by atoms with Gasteiger partial charge in [0.1, 0.15) is 0 Å².